The van der Waals surface area contributed by atoms with Crippen molar-refractivity contribution in [1.82, 2.24) is 10.2 Å². The number of hydrogen-bond donors (Lipinski definition) is 1. The molecule has 0 saturated heterocycles. The van der Waals surface area contributed by atoms with Crippen molar-refractivity contribution in [2.24, 2.45) is 0 Å². The van der Waals surface area contributed by atoms with Gasteiger partial charge in [-0.15, -0.1) is 0 Å². The van der Waals surface area contributed by atoms with E-state index in [1.165, 1.54) is 0 Å². The smallest absolute Gasteiger partial charge is 0.255 e. The Kier molecular flexibility index (Phi) is 6.93. The van der Waals surface area contributed by atoms with Gasteiger partial charge in [-0.1, -0.05) is 48.5 Å². The zero-order chi connectivity index (χ0) is 23.2. The van der Waals surface area contributed by atoms with Gasteiger partial charge in [-0.05, 0) is 47.4 Å². The summed E-state index contributed by atoms with van der Waals surface area (Å²) in [6.07, 6.45) is 1.03. The third kappa shape index (κ3) is 5.00. The van der Waals surface area contributed by atoms with E-state index >= 15 is 0 Å². The number of carbonyl (C=O) groups excluding carboxylic acids is 2. The van der Waals surface area contributed by atoms with Crippen LogP contribution in [0.15, 0.2) is 72.8 Å². The van der Waals surface area contributed by atoms with Crippen LogP contribution in [0.25, 0.3) is 0 Å². The summed E-state index contributed by atoms with van der Waals surface area (Å²) in [5, 5.41) is 3.04. The molecule has 0 spiro atoms. The predicted molar refractivity (Wildman–Crippen MR) is 127 cm³/mol. The number of methoxy groups -OCH3 is 2. The highest BCUT2D eigenvalue weighted by Crippen LogP contribution is 2.26. The van der Waals surface area contributed by atoms with E-state index in [1.54, 1.807) is 19.1 Å². The molecule has 0 saturated carbocycles. The molecule has 33 heavy (non-hydrogen) atoms. The minimum atomic E-state index is -0.598. The molecule has 3 aromatic carbocycles. The Balaban J connectivity index is 1.49. The summed E-state index contributed by atoms with van der Waals surface area (Å²) in [5.74, 6) is 1.22. The lowest BCUT2D eigenvalue weighted by molar-refractivity contribution is -0.125. The molecule has 0 radical (unpaired) electrons. The maximum absolute atomic E-state index is 13.3. The van der Waals surface area contributed by atoms with Crippen molar-refractivity contribution in [2.75, 3.05) is 20.8 Å². The van der Waals surface area contributed by atoms with Crippen molar-refractivity contribution in [1.29, 1.82) is 0 Å². The predicted octanol–water partition coefficient (Wildman–Crippen LogP) is 3.63. The fraction of sp³-hybridized carbons (Fsp3) is 0.259. The van der Waals surface area contributed by atoms with Crippen LogP contribution >= 0.6 is 0 Å². The van der Waals surface area contributed by atoms with E-state index in [9.17, 15) is 9.59 Å². The van der Waals surface area contributed by atoms with Gasteiger partial charge in [0.15, 0.2) is 0 Å². The van der Waals surface area contributed by atoms with Crippen molar-refractivity contribution in [3.63, 3.8) is 0 Å². The van der Waals surface area contributed by atoms with Gasteiger partial charge in [0.25, 0.3) is 5.91 Å². The molecule has 170 valence electrons. The lowest BCUT2D eigenvalue weighted by Gasteiger charge is -2.27. The van der Waals surface area contributed by atoms with Crippen LogP contribution in [0.4, 0.5) is 0 Å². The van der Waals surface area contributed by atoms with Gasteiger partial charge in [-0.3, -0.25) is 9.59 Å². The summed E-state index contributed by atoms with van der Waals surface area (Å²) in [5.41, 5.74) is 3.58. The van der Waals surface area contributed by atoms with E-state index in [2.05, 4.69) is 5.32 Å². The standard InChI is InChI=1S/C27H28N2O4/c1-32-22-12-13-25(33-2)20(17-22)14-15-28-26(30)24(16-19-8-4-3-5-9-19)29-18-21-10-6-7-11-23(21)27(29)31/h3-13,17,24H,14-16,18H2,1-2H3,(H,28,30)/t24-/m0/s1. The molecule has 0 aromatic heterocycles. The Morgan fingerprint density at radius 1 is 1.00 bits per heavy atom. The molecule has 1 heterocycles. The number of rotatable bonds is 9. The lowest BCUT2D eigenvalue weighted by Crippen LogP contribution is -2.48. The molecule has 3 aromatic rings. The topological polar surface area (TPSA) is 67.9 Å². The van der Waals surface area contributed by atoms with E-state index < -0.39 is 6.04 Å². The molecule has 0 unspecified atom stereocenters. The van der Waals surface area contributed by atoms with E-state index in [0.717, 1.165) is 28.2 Å². The van der Waals surface area contributed by atoms with E-state index in [0.29, 0.717) is 31.5 Å². The molecule has 1 aliphatic heterocycles. The Morgan fingerprint density at radius 2 is 1.76 bits per heavy atom. The largest absolute Gasteiger partial charge is 0.497 e. The van der Waals surface area contributed by atoms with Crippen molar-refractivity contribution in [3.05, 3.63) is 95.1 Å². The van der Waals surface area contributed by atoms with Crippen LogP contribution in [0.3, 0.4) is 0 Å². The molecule has 6 nitrogen and oxygen atoms in total. The van der Waals surface area contributed by atoms with Gasteiger partial charge in [-0.25, -0.2) is 0 Å². The Labute approximate surface area is 194 Å². The molecular weight excluding hydrogens is 416 g/mol. The van der Waals surface area contributed by atoms with Gasteiger partial charge in [0.2, 0.25) is 5.91 Å². The second-order valence-corrected chi connectivity index (χ2v) is 8.01. The first kappa shape index (κ1) is 22.4. The van der Waals surface area contributed by atoms with Gasteiger partial charge in [0.05, 0.1) is 14.2 Å². The first-order valence-electron chi connectivity index (χ1n) is 11.0. The summed E-state index contributed by atoms with van der Waals surface area (Å²) in [6.45, 7) is 0.853. The van der Waals surface area contributed by atoms with Gasteiger partial charge >= 0.3 is 0 Å². The molecule has 1 atom stereocenters. The van der Waals surface area contributed by atoms with Gasteiger partial charge < -0.3 is 19.7 Å². The van der Waals surface area contributed by atoms with Crippen LogP contribution in [-0.4, -0.2) is 43.5 Å². The summed E-state index contributed by atoms with van der Waals surface area (Å²) in [4.78, 5) is 28.1. The number of fused-ring (bicyclic) bond motifs is 1. The second kappa shape index (κ2) is 10.2. The quantitative estimate of drug-likeness (QED) is 0.547. The van der Waals surface area contributed by atoms with Crippen LogP contribution in [0, 0.1) is 0 Å². The van der Waals surface area contributed by atoms with Crippen LogP contribution in [0.1, 0.15) is 27.0 Å². The third-order valence-electron chi connectivity index (χ3n) is 5.98. The Hall–Kier alpha value is -3.80. The highest BCUT2D eigenvalue weighted by Gasteiger charge is 2.36. The number of hydrogen-bond acceptors (Lipinski definition) is 4. The molecule has 2 amide bonds. The molecule has 0 fully saturated rings. The van der Waals surface area contributed by atoms with Gasteiger partial charge in [0.1, 0.15) is 17.5 Å². The molecule has 1 N–H and O–H groups in total. The zero-order valence-electron chi connectivity index (χ0n) is 18.9. The van der Waals surface area contributed by atoms with Crippen LogP contribution < -0.4 is 14.8 Å². The molecule has 0 aliphatic carbocycles. The SMILES string of the molecule is COc1ccc(OC)c(CCNC(=O)[C@H](Cc2ccccc2)N2Cc3ccccc3C2=O)c1. The van der Waals surface area contributed by atoms with E-state index in [4.69, 9.17) is 9.47 Å². The first-order valence-corrected chi connectivity index (χ1v) is 11.0. The first-order chi connectivity index (χ1) is 16.1. The zero-order valence-corrected chi connectivity index (χ0v) is 18.9. The number of benzene rings is 3. The Morgan fingerprint density at radius 3 is 2.48 bits per heavy atom. The number of ether oxygens (including phenoxy) is 2. The summed E-state index contributed by atoms with van der Waals surface area (Å²) < 4.78 is 10.7. The summed E-state index contributed by atoms with van der Waals surface area (Å²) >= 11 is 0. The average molecular weight is 445 g/mol. The molecular formula is C27H28N2O4. The minimum absolute atomic E-state index is 0.101. The van der Waals surface area contributed by atoms with Crippen LogP contribution in [0.5, 0.6) is 11.5 Å². The highest BCUT2D eigenvalue weighted by atomic mass is 16.5. The minimum Gasteiger partial charge on any atom is -0.497 e. The maximum atomic E-state index is 13.3. The number of carbonyl (C=O) groups is 2. The molecule has 0 bridgehead atoms. The number of nitrogens with zero attached hydrogens (tertiary/aromatic N) is 1. The normalized spacial score (nSPS) is 13.4. The lowest BCUT2D eigenvalue weighted by atomic mass is 10.0. The number of amides is 2. The summed E-state index contributed by atoms with van der Waals surface area (Å²) in [7, 11) is 3.24. The van der Waals surface area contributed by atoms with E-state index in [-0.39, 0.29) is 11.8 Å². The monoisotopic (exact) mass is 444 g/mol. The Bertz CT molecular complexity index is 1130. The molecule has 1 aliphatic rings. The number of nitrogens with one attached hydrogen (secondary N) is 1. The molecule has 4 rings (SSSR count). The van der Waals surface area contributed by atoms with Crippen molar-refractivity contribution >= 4 is 11.8 Å². The summed E-state index contributed by atoms with van der Waals surface area (Å²) in [6, 6.07) is 22.3. The second-order valence-electron chi connectivity index (χ2n) is 8.01. The maximum Gasteiger partial charge on any atom is 0.255 e. The third-order valence-corrected chi connectivity index (χ3v) is 5.98. The van der Waals surface area contributed by atoms with Crippen LogP contribution in [0.2, 0.25) is 0 Å². The average Bonchev–Trinajstić information content (AvgIpc) is 3.19. The van der Waals surface area contributed by atoms with Crippen LogP contribution in [-0.2, 0) is 24.2 Å². The van der Waals surface area contributed by atoms with Crippen molar-refractivity contribution in [3.8, 4) is 11.5 Å². The van der Waals surface area contributed by atoms with Gasteiger partial charge in [-0.2, -0.15) is 0 Å². The highest BCUT2D eigenvalue weighted by molar-refractivity contribution is 6.01. The van der Waals surface area contributed by atoms with E-state index in [1.807, 2.05) is 72.8 Å². The van der Waals surface area contributed by atoms with Crippen molar-refractivity contribution in [2.45, 2.75) is 25.4 Å². The van der Waals surface area contributed by atoms with Crippen molar-refractivity contribution < 1.29 is 19.1 Å². The fourth-order valence-corrected chi connectivity index (χ4v) is 4.23. The fourth-order valence-electron chi connectivity index (χ4n) is 4.23. The molecule has 6 heteroatoms. The van der Waals surface area contributed by atoms with Gasteiger partial charge in [0, 0.05) is 25.1 Å².